The lowest BCUT2D eigenvalue weighted by atomic mass is 10.1. The molecular weight excluding hydrogens is 368 g/mol. The van der Waals surface area contributed by atoms with Crippen molar-refractivity contribution in [2.24, 2.45) is 0 Å². The molecule has 0 unspecified atom stereocenters. The zero-order chi connectivity index (χ0) is 20.4. The maximum atomic E-state index is 12.9. The fourth-order valence-electron chi connectivity index (χ4n) is 3.45. The molecule has 3 heterocycles. The predicted octanol–water partition coefficient (Wildman–Crippen LogP) is 3.11. The van der Waals surface area contributed by atoms with E-state index in [9.17, 15) is 9.59 Å². The lowest BCUT2D eigenvalue weighted by molar-refractivity contribution is 0.0944. The predicted molar refractivity (Wildman–Crippen MR) is 110 cm³/mol. The lowest BCUT2D eigenvalue weighted by Gasteiger charge is -2.10. The number of fused-ring (bicyclic) bond motifs is 1. The van der Waals surface area contributed by atoms with E-state index >= 15 is 0 Å². The van der Waals surface area contributed by atoms with Gasteiger partial charge in [0.1, 0.15) is 5.56 Å². The third-order valence-corrected chi connectivity index (χ3v) is 5.00. The largest absolute Gasteiger partial charge is 0.361 e. The Morgan fingerprint density at radius 3 is 2.86 bits per heavy atom. The van der Waals surface area contributed by atoms with Gasteiger partial charge in [-0.05, 0) is 43.5 Å². The number of pyridine rings is 1. The number of para-hydroxylation sites is 1. The summed E-state index contributed by atoms with van der Waals surface area (Å²) in [6, 6.07) is 11.6. The number of aromatic amines is 1. The first-order valence-electron chi connectivity index (χ1n) is 9.48. The highest BCUT2D eigenvalue weighted by molar-refractivity contribution is 5.95. The van der Waals surface area contributed by atoms with Gasteiger partial charge in [-0.2, -0.15) is 0 Å². The van der Waals surface area contributed by atoms with Crippen LogP contribution >= 0.6 is 0 Å². The van der Waals surface area contributed by atoms with Crippen LogP contribution in [0.1, 0.15) is 32.9 Å². The summed E-state index contributed by atoms with van der Waals surface area (Å²) in [5.74, 6) is 0.132. The molecule has 0 aliphatic carbocycles. The quantitative estimate of drug-likeness (QED) is 0.529. The van der Waals surface area contributed by atoms with E-state index in [0.717, 1.165) is 22.2 Å². The van der Waals surface area contributed by atoms with Crippen molar-refractivity contribution in [1.29, 1.82) is 0 Å². The molecule has 0 atom stereocenters. The molecule has 0 fully saturated rings. The van der Waals surface area contributed by atoms with Crippen LogP contribution in [0.25, 0.3) is 10.9 Å². The number of nitrogens with zero attached hydrogens (tertiary/aromatic N) is 2. The van der Waals surface area contributed by atoms with Crippen molar-refractivity contribution in [3.63, 3.8) is 0 Å². The van der Waals surface area contributed by atoms with Crippen molar-refractivity contribution in [1.82, 2.24) is 20.0 Å². The fourth-order valence-corrected chi connectivity index (χ4v) is 3.45. The summed E-state index contributed by atoms with van der Waals surface area (Å²) in [4.78, 5) is 28.8. The third kappa shape index (κ3) is 3.85. The zero-order valence-corrected chi connectivity index (χ0v) is 16.4. The van der Waals surface area contributed by atoms with Crippen LogP contribution in [0.15, 0.2) is 58.1 Å². The van der Waals surface area contributed by atoms with Gasteiger partial charge in [0.25, 0.3) is 11.5 Å². The minimum Gasteiger partial charge on any atom is -0.361 e. The average Bonchev–Trinajstić information content (AvgIpc) is 3.32. The van der Waals surface area contributed by atoms with Crippen molar-refractivity contribution in [3.8, 4) is 0 Å². The van der Waals surface area contributed by atoms with Gasteiger partial charge >= 0.3 is 0 Å². The Morgan fingerprint density at radius 2 is 2.07 bits per heavy atom. The van der Waals surface area contributed by atoms with Crippen LogP contribution in [0.3, 0.4) is 0 Å². The summed E-state index contributed by atoms with van der Waals surface area (Å²) >= 11 is 0. The molecule has 148 valence electrons. The minimum atomic E-state index is -0.414. The number of aromatic nitrogens is 3. The van der Waals surface area contributed by atoms with E-state index in [2.05, 4.69) is 21.5 Å². The number of rotatable bonds is 6. The minimum absolute atomic E-state index is 0.155. The summed E-state index contributed by atoms with van der Waals surface area (Å²) < 4.78 is 6.68. The number of hydrogen-bond donors (Lipinski definition) is 2. The van der Waals surface area contributed by atoms with Gasteiger partial charge in [-0.15, -0.1) is 0 Å². The molecule has 7 heteroatoms. The molecule has 0 aliphatic rings. The van der Waals surface area contributed by atoms with Crippen LogP contribution in [-0.4, -0.2) is 20.6 Å². The Balaban J connectivity index is 1.51. The maximum Gasteiger partial charge on any atom is 0.263 e. The molecule has 2 N–H and O–H groups in total. The Kier molecular flexibility index (Phi) is 5.03. The van der Waals surface area contributed by atoms with Gasteiger partial charge < -0.3 is 19.4 Å². The number of aryl methyl sites for hydroxylation is 4. The number of hydrogen-bond acceptors (Lipinski definition) is 4. The van der Waals surface area contributed by atoms with Crippen LogP contribution in [0.2, 0.25) is 0 Å². The van der Waals surface area contributed by atoms with Crippen molar-refractivity contribution in [2.75, 3.05) is 0 Å². The normalized spacial score (nSPS) is 11.1. The summed E-state index contributed by atoms with van der Waals surface area (Å²) in [5, 5.41) is 7.68. The number of nitrogens with one attached hydrogen (secondary N) is 2. The number of carbonyl (C=O) groups excluding carboxylic acids is 1. The summed E-state index contributed by atoms with van der Waals surface area (Å²) in [7, 11) is 0. The number of amides is 1. The highest BCUT2D eigenvalue weighted by Gasteiger charge is 2.16. The molecule has 0 saturated carbocycles. The molecule has 0 aliphatic heterocycles. The fraction of sp³-hybridized carbons (Fsp3) is 0.227. The molecule has 0 bridgehead atoms. The first-order chi connectivity index (χ1) is 14.0. The lowest BCUT2D eigenvalue weighted by Crippen LogP contribution is -2.34. The molecule has 1 aromatic carbocycles. The molecule has 29 heavy (non-hydrogen) atoms. The monoisotopic (exact) mass is 390 g/mol. The van der Waals surface area contributed by atoms with Gasteiger partial charge in [0.2, 0.25) is 0 Å². The first-order valence-corrected chi connectivity index (χ1v) is 9.48. The Morgan fingerprint density at radius 1 is 1.24 bits per heavy atom. The van der Waals surface area contributed by atoms with Gasteiger partial charge in [0, 0.05) is 35.9 Å². The van der Waals surface area contributed by atoms with Crippen LogP contribution in [-0.2, 0) is 19.5 Å². The highest BCUT2D eigenvalue weighted by Crippen LogP contribution is 2.18. The van der Waals surface area contributed by atoms with E-state index in [1.807, 2.05) is 31.3 Å². The van der Waals surface area contributed by atoms with E-state index in [0.29, 0.717) is 24.3 Å². The van der Waals surface area contributed by atoms with Crippen molar-refractivity contribution in [3.05, 3.63) is 87.3 Å². The summed E-state index contributed by atoms with van der Waals surface area (Å²) in [5.41, 5.74) is 3.45. The van der Waals surface area contributed by atoms with Crippen LogP contribution in [0.4, 0.5) is 0 Å². The molecular formula is C22H22N4O3. The zero-order valence-electron chi connectivity index (χ0n) is 16.4. The first kappa shape index (κ1) is 18.7. The summed E-state index contributed by atoms with van der Waals surface area (Å²) in [6.07, 6.45) is 4.39. The molecule has 0 radical (unpaired) electrons. The second kappa shape index (κ2) is 7.79. The van der Waals surface area contributed by atoms with Gasteiger partial charge in [0.05, 0.1) is 12.2 Å². The van der Waals surface area contributed by atoms with Crippen LogP contribution in [0, 0.1) is 13.8 Å². The average molecular weight is 390 g/mol. The number of benzene rings is 1. The number of carbonyl (C=O) groups is 1. The Hall–Kier alpha value is -3.61. The Labute approximate surface area is 167 Å². The standard InChI is InChI=1S/C22H22N4O3/c1-14-7-9-26(10-8-16-12-23-19-6-4-3-5-18(16)19)22(28)20(14)21(27)24-13-17-11-15(2)25-29-17/h3-7,9,11-12,23H,8,10,13H2,1-2H3,(H,24,27). The van der Waals surface area contributed by atoms with E-state index in [4.69, 9.17) is 4.52 Å². The van der Waals surface area contributed by atoms with Crippen molar-refractivity contribution < 1.29 is 9.32 Å². The molecule has 0 saturated heterocycles. The topological polar surface area (TPSA) is 92.9 Å². The molecule has 4 aromatic rings. The molecule has 0 spiro atoms. The maximum absolute atomic E-state index is 12.9. The van der Waals surface area contributed by atoms with Gasteiger partial charge in [-0.25, -0.2) is 0 Å². The van der Waals surface area contributed by atoms with Crippen molar-refractivity contribution in [2.45, 2.75) is 33.4 Å². The van der Waals surface area contributed by atoms with E-state index in [-0.39, 0.29) is 17.7 Å². The SMILES string of the molecule is Cc1cc(CNC(=O)c2c(C)ccn(CCc3c[nH]c4ccccc34)c2=O)on1. The number of H-pyrrole nitrogens is 1. The van der Waals surface area contributed by atoms with Crippen LogP contribution in [0.5, 0.6) is 0 Å². The van der Waals surface area contributed by atoms with Crippen LogP contribution < -0.4 is 10.9 Å². The smallest absolute Gasteiger partial charge is 0.263 e. The van der Waals surface area contributed by atoms with Gasteiger partial charge in [-0.1, -0.05) is 23.4 Å². The molecule has 3 aromatic heterocycles. The summed E-state index contributed by atoms with van der Waals surface area (Å²) in [6.45, 7) is 4.24. The second-order valence-corrected chi connectivity index (χ2v) is 7.10. The highest BCUT2D eigenvalue weighted by atomic mass is 16.5. The molecule has 4 rings (SSSR count). The Bertz CT molecular complexity index is 1230. The molecule has 1 amide bonds. The van der Waals surface area contributed by atoms with Gasteiger partial charge in [-0.3, -0.25) is 9.59 Å². The van der Waals surface area contributed by atoms with Gasteiger partial charge in [0.15, 0.2) is 5.76 Å². The second-order valence-electron chi connectivity index (χ2n) is 7.10. The van der Waals surface area contributed by atoms with E-state index in [1.165, 1.54) is 0 Å². The van der Waals surface area contributed by atoms with E-state index < -0.39 is 5.91 Å². The molecule has 7 nitrogen and oxygen atoms in total. The van der Waals surface area contributed by atoms with E-state index in [1.54, 1.807) is 29.8 Å². The van der Waals surface area contributed by atoms with Crippen molar-refractivity contribution >= 4 is 16.8 Å². The third-order valence-electron chi connectivity index (χ3n) is 5.00.